The Hall–Kier alpha value is -2.62. The van der Waals surface area contributed by atoms with Crippen molar-refractivity contribution in [3.8, 4) is 0 Å². The molecule has 0 saturated carbocycles. The van der Waals surface area contributed by atoms with Crippen LogP contribution >= 0.6 is 0 Å². The van der Waals surface area contributed by atoms with E-state index in [9.17, 15) is 9.59 Å². The summed E-state index contributed by atoms with van der Waals surface area (Å²) in [6.07, 6.45) is 2.69. The van der Waals surface area contributed by atoms with E-state index in [0.717, 1.165) is 6.42 Å². The molecule has 0 N–H and O–H groups in total. The van der Waals surface area contributed by atoms with Crippen LogP contribution in [0, 0.1) is 0 Å². The summed E-state index contributed by atoms with van der Waals surface area (Å²) >= 11 is 0. The molecule has 0 saturated heterocycles. The Morgan fingerprint density at radius 2 is 1.54 bits per heavy atom. The van der Waals surface area contributed by atoms with E-state index in [1.807, 2.05) is 43.3 Å². The van der Waals surface area contributed by atoms with E-state index < -0.39 is 0 Å². The maximum atomic E-state index is 10.6. The third-order valence-corrected chi connectivity index (χ3v) is 2.35. The van der Waals surface area contributed by atoms with Crippen LogP contribution in [0.2, 0.25) is 0 Å². The number of ether oxygens (including phenoxy) is 2. The standard InChI is InChI=1S/C8H8.C7H12O2.C5H8O2/c1-2-8-6-4-3-5-7-8;1-4-5-9-7(8)6(2)3;1-4(2)5(6)7-3/h2-7H,1H2;2,4-5H2,1,3H3;1H2,2-3H3. The summed E-state index contributed by atoms with van der Waals surface area (Å²) in [6, 6.07) is 10.0. The van der Waals surface area contributed by atoms with Gasteiger partial charge < -0.3 is 9.47 Å². The molecule has 0 amide bonds. The van der Waals surface area contributed by atoms with E-state index in [2.05, 4.69) is 24.5 Å². The first kappa shape index (κ1) is 23.6. The maximum Gasteiger partial charge on any atom is 0.333 e. The third-order valence-electron chi connectivity index (χ3n) is 2.35. The zero-order chi connectivity index (χ0) is 19.0. The minimum Gasteiger partial charge on any atom is -0.466 e. The van der Waals surface area contributed by atoms with Crippen LogP contribution in [-0.2, 0) is 19.1 Å². The van der Waals surface area contributed by atoms with Crippen LogP contribution in [0.1, 0.15) is 32.8 Å². The first-order chi connectivity index (χ1) is 11.3. The Morgan fingerprint density at radius 1 is 1.04 bits per heavy atom. The van der Waals surface area contributed by atoms with Crippen LogP contribution in [0.15, 0.2) is 61.2 Å². The number of benzene rings is 1. The van der Waals surface area contributed by atoms with Crippen LogP contribution in [0.25, 0.3) is 6.08 Å². The molecule has 0 aromatic heterocycles. The van der Waals surface area contributed by atoms with Crippen LogP contribution in [-0.4, -0.2) is 25.7 Å². The van der Waals surface area contributed by atoms with Crippen LogP contribution < -0.4 is 0 Å². The van der Waals surface area contributed by atoms with Gasteiger partial charge in [-0.2, -0.15) is 0 Å². The highest BCUT2D eigenvalue weighted by atomic mass is 16.5. The van der Waals surface area contributed by atoms with E-state index in [1.165, 1.54) is 12.7 Å². The highest BCUT2D eigenvalue weighted by Gasteiger charge is 1.99. The van der Waals surface area contributed by atoms with Crippen molar-refractivity contribution >= 4 is 18.0 Å². The van der Waals surface area contributed by atoms with Gasteiger partial charge in [-0.1, -0.05) is 63.1 Å². The molecule has 0 fully saturated rings. The highest BCUT2D eigenvalue weighted by Crippen LogP contribution is 1.97. The molecule has 24 heavy (non-hydrogen) atoms. The zero-order valence-corrected chi connectivity index (χ0v) is 15.1. The number of carbonyl (C=O) groups is 2. The summed E-state index contributed by atoms with van der Waals surface area (Å²) in [5.74, 6) is -0.642. The molecule has 0 aliphatic carbocycles. The fourth-order valence-corrected chi connectivity index (χ4v) is 1.08. The van der Waals surface area contributed by atoms with Crippen molar-refractivity contribution in [3.05, 3.63) is 66.8 Å². The monoisotopic (exact) mass is 332 g/mol. The molecule has 0 bridgehead atoms. The number of hydrogen-bond acceptors (Lipinski definition) is 4. The van der Waals surface area contributed by atoms with E-state index in [1.54, 1.807) is 13.8 Å². The molecule has 132 valence electrons. The molecule has 0 spiro atoms. The van der Waals surface area contributed by atoms with E-state index in [0.29, 0.717) is 17.8 Å². The summed E-state index contributed by atoms with van der Waals surface area (Å²) in [7, 11) is 1.33. The van der Waals surface area contributed by atoms with E-state index >= 15 is 0 Å². The highest BCUT2D eigenvalue weighted by molar-refractivity contribution is 5.87. The van der Waals surface area contributed by atoms with E-state index in [-0.39, 0.29) is 11.9 Å². The van der Waals surface area contributed by atoms with Gasteiger partial charge in [0.15, 0.2) is 0 Å². The molecule has 0 radical (unpaired) electrons. The second kappa shape index (κ2) is 15.3. The number of hydrogen-bond donors (Lipinski definition) is 0. The lowest BCUT2D eigenvalue weighted by molar-refractivity contribution is -0.139. The molecule has 0 unspecified atom stereocenters. The minimum atomic E-state index is -0.347. The smallest absolute Gasteiger partial charge is 0.333 e. The van der Waals surface area contributed by atoms with Gasteiger partial charge in [0.05, 0.1) is 13.7 Å². The lowest BCUT2D eigenvalue weighted by Crippen LogP contribution is -2.04. The molecular weight excluding hydrogens is 304 g/mol. The van der Waals surface area contributed by atoms with Gasteiger partial charge in [-0.3, -0.25) is 0 Å². The van der Waals surface area contributed by atoms with Crippen molar-refractivity contribution in [2.75, 3.05) is 13.7 Å². The molecule has 1 rings (SSSR count). The molecule has 1 aromatic rings. The first-order valence-electron chi connectivity index (χ1n) is 7.54. The number of rotatable bonds is 5. The SMILES string of the molecule is C=C(C)C(=O)OC.C=C(C)C(=O)OCCC.C=Cc1ccccc1. The summed E-state index contributed by atoms with van der Waals surface area (Å²) in [4.78, 5) is 20.8. The molecule has 0 atom stereocenters. The molecule has 1 aromatic carbocycles. The van der Waals surface area contributed by atoms with Crippen molar-refractivity contribution in [2.45, 2.75) is 27.2 Å². The Balaban J connectivity index is 0. The fraction of sp³-hybridized carbons (Fsp3) is 0.300. The van der Waals surface area contributed by atoms with Crippen LogP contribution in [0.4, 0.5) is 0 Å². The molecule has 0 aliphatic rings. The Kier molecular flexibility index (Phi) is 15.1. The van der Waals surface area contributed by atoms with Gasteiger partial charge in [0, 0.05) is 11.1 Å². The molecule has 4 heteroatoms. The average molecular weight is 332 g/mol. The van der Waals surface area contributed by atoms with Crippen LogP contribution in [0.3, 0.4) is 0 Å². The van der Waals surface area contributed by atoms with Gasteiger partial charge in [-0.25, -0.2) is 9.59 Å². The maximum absolute atomic E-state index is 10.6. The molecular formula is C20H28O4. The molecule has 0 aliphatic heterocycles. The number of esters is 2. The lowest BCUT2D eigenvalue weighted by atomic mass is 10.2. The normalized spacial score (nSPS) is 8.33. The van der Waals surface area contributed by atoms with Crippen molar-refractivity contribution < 1.29 is 19.1 Å². The summed E-state index contributed by atoms with van der Waals surface area (Å²) in [6.45, 7) is 16.1. The Morgan fingerprint density at radius 3 is 1.79 bits per heavy atom. The predicted octanol–water partition coefficient (Wildman–Crippen LogP) is 4.58. The summed E-state index contributed by atoms with van der Waals surface area (Å²) in [5, 5.41) is 0. The second-order valence-corrected chi connectivity index (χ2v) is 4.80. The first-order valence-corrected chi connectivity index (χ1v) is 7.54. The average Bonchev–Trinajstić information content (AvgIpc) is 2.60. The third kappa shape index (κ3) is 14.3. The number of carbonyl (C=O) groups excluding carboxylic acids is 2. The minimum absolute atomic E-state index is 0.295. The quantitative estimate of drug-likeness (QED) is 0.585. The Bertz CT molecular complexity index is 530. The predicted molar refractivity (Wildman–Crippen MR) is 99.4 cm³/mol. The summed E-state index contributed by atoms with van der Waals surface area (Å²) in [5.41, 5.74) is 2.07. The fourth-order valence-electron chi connectivity index (χ4n) is 1.08. The zero-order valence-electron chi connectivity index (χ0n) is 15.1. The van der Waals surface area contributed by atoms with Crippen molar-refractivity contribution in [1.29, 1.82) is 0 Å². The van der Waals surface area contributed by atoms with Gasteiger partial charge >= 0.3 is 11.9 Å². The van der Waals surface area contributed by atoms with Gasteiger partial charge in [0.25, 0.3) is 0 Å². The van der Waals surface area contributed by atoms with E-state index in [4.69, 9.17) is 4.74 Å². The largest absolute Gasteiger partial charge is 0.466 e. The van der Waals surface area contributed by atoms with Gasteiger partial charge in [0.1, 0.15) is 0 Å². The van der Waals surface area contributed by atoms with Crippen molar-refractivity contribution in [3.63, 3.8) is 0 Å². The van der Waals surface area contributed by atoms with Gasteiger partial charge in [-0.15, -0.1) is 0 Å². The lowest BCUT2D eigenvalue weighted by Gasteiger charge is -1.99. The molecule has 4 nitrogen and oxygen atoms in total. The van der Waals surface area contributed by atoms with Crippen LogP contribution in [0.5, 0.6) is 0 Å². The van der Waals surface area contributed by atoms with Gasteiger partial charge in [0.2, 0.25) is 0 Å². The van der Waals surface area contributed by atoms with Crippen molar-refractivity contribution in [2.24, 2.45) is 0 Å². The molecule has 0 heterocycles. The van der Waals surface area contributed by atoms with Crippen molar-refractivity contribution in [1.82, 2.24) is 0 Å². The summed E-state index contributed by atoms with van der Waals surface area (Å²) < 4.78 is 8.99. The second-order valence-electron chi connectivity index (χ2n) is 4.80. The topological polar surface area (TPSA) is 52.6 Å². The van der Waals surface area contributed by atoms with Gasteiger partial charge in [-0.05, 0) is 25.8 Å². The Labute approximate surface area is 145 Å². The number of methoxy groups -OCH3 is 1.